The molecule has 1 aromatic carbocycles. The van der Waals surface area contributed by atoms with Crippen LogP contribution >= 0.6 is 0 Å². The Hall–Kier alpha value is -1.06. The van der Waals surface area contributed by atoms with Crippen LogP contribution in [-0.2, 0) is 6.54 Å². The van der Waals surface area contributed by atoms with Crippen molar-refractivity contribution in [1.29, 1.82) is 0 Å². The summed E-state index contributed by atoms with van der Waals surface area (Å²) in [4.78, 5) is 2.51. The van der Waals surface area contributed by atoms with Gasteiger partial charge in [-0.05, 0) is 36.1 Å². The molecule has 0 amide bonds. The number of nitrogens with two attached hydrogens (primary N) is 1. The Labute approximate surface area is 96.2 Å². The molecule has 0 bridgehead atoms. The highest BCUT2D eigenvalue weighted by atomic mass is 16.5. The van der Waals surface area contributed by atoms with Gasteiger partial charge in [0.1, 0.15) is 5.75 Å². The molecular weight excluding hydrogens is 200 g/mol. The highest BCUT2D eigenvalue weighted by Crippen LogP contribution is 2.35. The third-order valence-electron chi connectivity index (χ3n) is 3.62. The largest absolute Gasteiger partial charge is 0.497 e. The van der Waals surface area contributed by atoms with Crippen LogP contribution in [0.3, 0.4) is 0 Å². The van der Waals surface area contributed by atoms with Gasteiger partial charge in [-0.3, -0.25) is 4.90 Å². The van der Waals surface area contributed by atoms with Crippen LogP contribution in [0.4, 0.5) is 0 Å². The summed E-state index contributed by atoms with van der Waals surface area (Å²) in [6, 6.07) is 7.19. The van der Waals surface area contributed by atoms with Crippen molar-refractivity contribution in [1.82, 2.24) is 4.90 Å². The van der Waals surface area contributed by atoms with Crippen molar-refractivity contribution in [2.75, 3.05) is 13.7 Å². The van der Waals surface area contributed by atoms with E-state index in [1.807, 2.05) is 6.07 Å². The lowest BCUT2D eigenvalue weighted by atomic mass is 9.95. The highest BCUT2D eigenvalue weighted by Gasteiger charge is 2.33. The molecule has 86 valence electrons. The Morgan fingerprint density at radius 1 is 1.38 bits per heavy atom. The van der Waals surface area contributed by atoms with Crippen molar-refractivity contribution in [3.05, 3.63) is 29.3 Å². The number of ether oxygens (including phenoxy) is 1. The minimum atomic E-state index is 0.162. The van der Waals surface area contributed by atoms with Crippen LogP contribution in [0.15, 0.2) is 18.2 Å². The van der Waals surface area contributed by atoms with Crippen molar-refractivity contribution in [3.8, 4) is 5.75 Å². The molecule has 1 aliphatic carbocycles. The van der Waals surface area contributed by atoms with E-state index < -0.39 is 0 Å². The second-order valence-corrected chi connectivity index (χ2v) is 4.83. The third kappa shape index (κ3) is 1.70. The smallest absolute Gasteiger partial charge is 0.119 e. The zero-order valence-corrected chi connectivity index (χ0v) is 9.65. The molecule has 0 aromatic heterocycles. The highest BCUT2D eigenvalue weighted by molar-refractivity contribution is 5.39. The van der Waals surface area contributed by atoms with E-state index in [2.05, 4.69) is 17.0 Å². The molecule has 1 heterocycles. The average molecular weight is 218 g/mol. The molecule has 1 atom stereocenters. The third-order valence-corrected chi connectivity index (χ3v) is 3.62. The van der Waals surface area contributed by atoms with Crippen molar-refractivity contribution >= 4 is 0 Å². The lowest BCUT2D eigenvalue weighted by molar-refractivity contribution is 0.221. The zero-order chi connectivity index (χ0) is 11.1. The van der Waals surface area contributed by atoms with Gasteiger partial charge in [0.2, 0.25) is 0 Å². The van der Waals surface area contributed by atoms with Crippen LogP contribution in [0.25, 0.3) is 0 Å². The second-order valence-electron chi connectivity index (χ2n) is 4.83. The zero-order valence-electron chi connectivity index (χ0n) is 9.65. The molecule has 2 N–H and O–H groups in total. The van der Waals surface area contributed by atoms with Gasteiger partial charge in [-0.1, -0.05) is 6.07 Å². The summed E-state index contributed by atoms with van der Waals surface area (Å²) in [5.74, 6) is 0.934. The van der Waals surface area contributed by atoms with Gasteiger partial charge in [0.05, 0.1) is 7.11 Å². The SMILES string of the molecule is COc1ccc2c(c1)CN(C1CC1)CC2N. The molecule has 1 aliphatic heterocycles. The number of nitrogens with zero attached hydrogens (tertiary/aromatic N) is 1. The molecule has 0 spiro atoms. The summed E-state index contributed by atoms with van der Waals surface area (Å²) in [6.07, 6.45) is 2.68. The van der Waals surface area contributed by atoms with E-state index >= 15 is 0 Å². The van der Waals surface area contributed by atoms with E-state index in [1.54, 1.807) is 7.11 Å². The maximum Gasteiger partial charge on any atom is 0.119 e. The number of rotatable bonds is 2. The fourth-order valence-electron chi connectivity index (χ4n) is 2.56. The summed E-state index contributed by atoms with van der Waals surface area (Å²) >= 11 is 0. The lowest BCUT2D eigenvalue weighted by Gasteiger charge is -2.33. The standard InChI is InChI=1S/C13H18N2O/c1-16-11-4-5-12-9(6-11)7-15(8-13(12)14)10-2-3-10/h4-6,10,13H,2-3,7-8,14H2,1H3. The first-order chi connectivity index (χ1) is 7.78. The topological polar surface area (TPSA) is 38.5 Å². The molecule has 0 radical (unpaired) electrons. The van der Waals surface area contributed by atoms with E-state index in [0.29, 0.717) is 0 Å². The average Bonchev–Trinajstić information content (AvgIpc) is 3.12. The van der Waals surface area contributed by atoms with Crippen LogP contribution in [0.2, 0.25) is 0 Å². The van der Waals surface area contributed by atoms with Gasteiger partial charge >= 0.3 is 0 Å². The first-order valence-electron chi connectivity index (χ1n) is 5.94. The molecule has 1 unspecified atom stereocenters. The summed E-state index contributed by atoms with van der Waals surface area (Å²) in [5.41, 5.74) is 8.84. The maximum absolute atomic E-state index is 6.21. The minimum absolute atomic E-state index is 0.162. The van der Waals surface area contributed by atoms with Crippen molar-refractivity contribution in [2.45, 2.75) is 31.5 Å². The Morgan fingerprint density at radius 2 is 2.19 bits per heavy atom. The number of fused-ring (bicyclic) bond motifs is 1. The number of hydrogen-bond acceptors (Lipinski definition) is 3. The Kier molecular flexibility index (Phi) is 2.37. The van der Waals surface area contributed by atoms with Crippen molar-refractivity contribution < 1.29 is 4.74 Å². The lowest BCUT2D eigenvalue weighted by Crippen LogP contribution is -2.38. The minimum Gasteiger partial charge on any atom is -0.497 e. The Balaban J connectivity index is 1.91. The monoisotopic (exact) mass is 218 g/mol. The first-order valence-corrected chi connectivity index (χ1v) is 5.94. The first kappa shape index (κ1) is 10.1. The van der Waals surface area contributed by atoms with Gasteiger partial charge in [0.25, 0.3) is 0 Å². The van der Waals surface area contributed by atoms with Crippen molar-refractivity contribution in [3.63, 3.8) is 0 Å². The van der Waals surface area contributed by atoms with Crippen LogP contribution in [0, 0.1) is 0 Å². The fraction of sp³-hybridized carbons (Fsp3) is 0.538. The molecule has 3 heteroatoms. The van der Waals surface area contributed by atoms with Crippen LogP contribution in [-0.4, -0.2) is 24.6 Å². The van der Waals surface area contributed by atoms with Gasteiger partial charge < -0.3 is 10.5 Å². The van der Waals surface area contributed by atoms with E-state index in [0.717, 1.165) is 24.9 Å². The molecule has 2 aliphatic rings. The molecule has 0 saturated heterocycles. The predicted molar refractivity (Wildman–Crippen MR) is 63.4 cm³/mol. The van der Waals surface area contributed by atoms with Crippen LogP contribution in [0.1, 0.15) is 30.0 Å². The van der Waals surface area contributed by atoms with Crippen molar-refractivity contribution in [2.24, 2.45) is 5.73 Å². The molecule has 3 rings (SSSR count). The molecule has 16 heavy (non-hydrogen) atoms. The van der Waals surface area contributed by atoms with Gasteiger partial charge in [-0.25, -0.2) is 0 Å². The Morgan fingerprint density at radius 3 is 2.88 bits per heavy atom. The predicted octanol–water partition coefficient (Wildman–Crippen LogP) is 1.67. The summed E-state index contributed by atoms with van der Waals surface area (Å²) in [7, 11) is 1.71. The van der Waals surface area contributed by atoms with Gasteiger partial charge in [0, 0.05) is 25.2 Å². The number of benzene rings is 1. The summed E-state index contributed by atoms with van der Waals surface area (Å²) in [5, 5.41) is 0. The Bertz CT molecular complexity index is 401. The second kappa shape index (κ2) is 3.75. The molecule has 3 nitrogen and oxygen atoms in total. The molecular formula is C13H18N2O. The fourth-order valence-corrected chi connectivity index (χ4v) is 2.56. The van der Waals surface area contributed by atoms with E-state index in [4.69, 9.17) is 10.5 Å². The molecule has 1 aromatic rings. The van der Waals surface area contributed by atoms with E-state index in [9.17, 15) is 0 Å². The number of hydrogen-bond donors (Lipinski definition) is 1. The quantitative estimate of drug-likeness (QED) is 0.820. The summed E-state index contributed by atoms with van der Waals surface area (Å²) < 4.78 is 5.27. The van der Waals surface area contributed by atoms with E-state index in [1.165, 1.54) is 24.0 Å². The van der Waals surface area contributed by atoms with Crippen LogP contribution in [0.5, 0.6) is 5.75 Å². The summed E-state index contributed by atoms with van der Waals surface area (Å²) in [6.45, 7) is 2.04. The molecule has 1 saturated carbocycles. The van der Waals surface area contributed by atoms with Crippen LogP contribution < -0.4 is 10.5 Å². The number of methoxy groups -OCH3 is 1. The van der Waals surface area contributed by atoms with Gasteiger partial charge in [-0.15, -0.1) is 0 Å². The maximum atomic E-state index is 6.21. The van der Waals surface area contributed by atoms with E-state index in [-0.39, 0.29) is 6.04 Å². The van der Waals surface area contributed by atoms with Gasteiger partial charge in [0.15, 0.2) is 0 Å². The molecule has 1 fully saturated rings. The normalized spacial score (nSPS) is 25.2. The van der Waals surface area contributed by atoms with Gasteiger partial charge in [-0.2, -0.15) is 0 Å².